The van der Waals surface area contributed by atoms with Gasteiger partial charge >= 0.3 is 0 Å². The van der Waals surface area contributed by atoms with Gasteiger partial charge in [-0.25, -0.2) is 0 Å². The zero-order chi connectivity index (χ0) is 64.7. The number of hydrogen-bond acceptors (Lipinski definition) is 6. The monoisotopic (exact) mass is 1290 g/mol. The van der Waals surface area contributed by atoms with E-state index in [4.69, 9.17) is 18.9 Å². The lowest BCUT2D eigenvalue weighted by Crippen LogP contribution is -2.30. The van der Waals surface area contributed by atoms with Gasteiger partial charge in [-0.1, -0.05) is 197 Å². The van der Waals surface area contributed by atoms with E-state index in [0.717, 1.165) is 176 Å². The van der Waals surface area contributed by atoms with Crippen molar-refractivity contribution < 1.29 is 29.2 Å². The summed E-state index contributed by atoms with van der Waals surface area (Å²) in [4.78, 5) is 0. The molecule has 0 amide bonds. The average molecular weight is 1290 g/mol. The first-order chi connectivity index (χ1) is 44.7. The number of aliphatic hydroxyl groups is 2. The molecule has 0 radical (unpaired) electrons. The van der Waals surface area contributed by atoms with Gasteiger partial charge in [0.2, 0.25) is 0 Å². The Morgan fingerprint density at radius 1 is 0.272 bits per heavy atom. The highest BCUT2D eigenvalue weighted by Crippen LogP contribution is 2.57. The largest absolute Gasteiger partial charge is 0.394 e. The predicted molar refractivity (Wildman–Crippen MR) is 388 cm³/mol. The summed E-state index contributed by atoms with van der Waals surface area (Å²) in [5.41, 5.74) is 0.337. The van der Waals surface area contributed by atoms with E-state index < -0.39 is 0 Å². The summed E-state index contributed by atoms with van der Waals surface area (Å²) < 4.78 is 26.2. The van der Waals surface area contributed by atoms with Crippen molar-refractivity contribution in [3.8, 4) is 0 Å². The first-order valence-corrected chi connectivity index (χ1v) is 42.3. The highest BCUT2D eigenvalue weighted by molar-refractivity contribution is 4.98. The lowest BCUT2D eigenvalue weighted by molar-refractivity contribution is -0.0542. The van der Waals surface area contributed by atoms with Gasteiger partial charge in [0.05, 0.1) is 26.4 Å². The van der Waals surface area contributed by atoms with Crippen LogP contribution in [-0.2, 0) is 18.9 Å². The molecule has 536 valence electrons. The summed E-state index contributed by atoms with van der Waals surface area (Å²) in [6, 6.07) is 0. The molecule has 9 aliphatic rings. The number of hydrogen-bond donors (Lipinski definition) is 2. The van der Waals surface area contributed by atoms with E-state index in [-0.39, 0.29) is 25.4 Å². The Hall–Kier alpha value is -0.240. The maximum absolute atomic E-state index is 10.8. The van der Waals surface area contributed by atoms with Crippen LogP contribution in [0.15, 0.2) is 0 Å². The van der Waals surface area contributed by atoms with E-state index in [1.54, 1.807) is 0 Å². The fourth-order valence-corrected chi connectivity index (χ4v) is 23.2. The molecule has 1 spiro atoms. The van der Waals surface area contributed by atoms with E-state index in [2.05, 4.69) is 55.4 Å². The number of aliphatic hydroxyl groups excluding tert-OH is 2. The van der Waals surface area contributed by atoms with Gasteiger partial charge in [-0.15, -0.1) is 0 Å². The molecular formula is C86H156O6. The summed E-state index contributed by atoms with van der Waals surface area (Å²) in [6.07, 6.45) is 62.7. The van der Waals surface area contributed by atoms with Gasteiger partial charge in [-0.3, -0.25) is 0 Å². The number of rotatable bonds is 2. The van der Waals surface area contributed by atoms with Crippen molar-refractivity contribution in [1.29, 1.82) is 0 Å². The molecule has 8 saturated carbocycles. The molecule has 1 saturated heterocycles. The van der Waals surface area contributed by atoms with Crippen LogP contribution in [0.2, 0.25) is 0 Å². The Kier molecular flexibility index (Phi) is 33.2. The van der Waals surface area contributed by atoms with Gasteiger partial charge in [0.1, 0.15) is 12.2 Å². The Morgan fingerprint density at radius 2 is 0.587 bits per heavy atom. The van der Waals surface area contributed by atoms with E-state index in [1.807, 2.05) is 0 Å². The topological polar surface area (TPSA) is 77.4 Å². The summed E-state index contributed by atoms with van der Waals surface area (Å²) >= 11 is 0. The SMILES string of the molecule is CC1CCCC(C)CCC(C)CCCC(C)C2CCC(C2)C2CCC3(CCOC(CO)COCCC4CCC(C4)C4CCC(C4)C(C)CCCC(C)CCC(C)CCCC(C)C4CCC(C4)C4CCC(CCOC(CO)COCCC5CCC(C5)C(CCC1)C3)C4)C2. The normalized spacial score (nSPS) is 45.2. The molecule has 25 atom stereocenters. The molecule has 6 heteroatoms. The summed E-state index contributed by atoms with van der Waals surface area (Å²) in [5.74, 6) is 19.3. The van der Waals surface area contributed by atoms with E-state index >= 15 is 0 Å². The second-order valence-electron chi connectivity index (χ2n) is 37.2. The van der Waals surface area contributed by atoms with Crippen LogP contribution in [0.5, 0.6) is 0 Å². The molecule has 8 aliphatic carbocycles. The van der Waals surface area contributed by atoms with Gasteiger partial charge in [-0.2, -0.15) is 0 Å². The van der Waals surface area contributed by atoms with Crippen molar-refractivity contribution in [3.05, 3.63) is 0 Å². The second kappa shape index (κ2) is 40.3. The maximum Gasteiger partial charge on any atom is 0.104 e. The van der Waals surface area contributed by atoms with Crippen molar-refractivity contribution in [3.63, 3.8) is 0 Å². The molecule has 2 N–H and O–H groups in total. The molecule has 9 fully saturated rings. The van der Waals surface area contributed by atoms with Gasteiger partial charge < -0.3 is 29.2 Å². The first kappa shape index (κ1) is 76.0. The molecular weight excluding hydrogens is 1130 g/mol. The second-order valence-corrected chi connectivity index (χ2v) is 37.2. The van der Waals surface area contributed by atoms with Crippen LogP contribution in [-0.4, -0.2) is 75.3 Å². The van der Waals surface area contributed by atoms with Gasteiger partial charge in [-0.05, 0) is 283 Å². The molecule has 15 bridgehead atoms. The molecule has 1 heterocycles. The molecule has 92 heavy (non-hydrogen) atoms. The number of ether oxygens (including phenoxy) is 4. The minimum Gasteiger partial charge on any atom is -0.394 e. The minimum absolute atomic E-state index is 0.0561. The molecule has 6 nitrogen and oxygen atoms in total. The summed E-state index contributed by atoms with van der Waals surface area (Å²) in [5, 5.41) is 21.3. The van der Waals surface area contributed by atoms with Crippen LogP contribution >= 0.6 is 0 Å². The molecule has 0 aromatic rings. The fraction of sp³-hybridized carbons (Fsp3) is 1.00. The van der Waals surface area contributed by atoms with Crippen LogP contribution in [0, 0.1) is 136 Å². The van der Waals surface area contributed by atoms with Crippen molar-refractivity contribution in [2.75, 3.05) is 52.9 Å². The van der Waals surface area contributed by atoms with Crippen molar-refractivity contribution >= 4 is 0 Å². The molecule has 25 unspecified atom stereocenters. The Bertz CT molecular complexity index is 1940. The summed E-state index contributed by atoms with van der Waals surface area (Å²) in [6.45, 7) is 25.0. The third-order valence-corrected chi connectivity index (χ3v) is 30.1. The van der Waals surface area contributed by atoms with Crippen molar-refractivity contribution in [1.82, 2.24) is 0 Å². The number of fused-ring (bicyclic) bond motifs is 18. The predicted octanol–water partition coefficient (Wildman–Crippen LogP) is 23.2. The summed E-state index contributed by atoms with van der Waals surface area (Å²) in [7, 11) is 0. The maximum atomic E-state index is 10.8. The Balaban J connectivity index is 0.816. The van der Waals surface area contributed by atoms with Crippen LogP contribution in [0.4, 0.5) is 0 Å². The highest BCUT2D eigenvalue weighted by atomic mass is 16.5. The highest BCUT2D eigenvalue weighted by Gasteiger charge is 2.47. The van der Waals surface area contributed by atoms with Crippen LogP contribution in [0.25, 0.3) is 0 Å². The van der Waals surface area contributed by atoms with Gasteiger partial charge in [0.25, 0.3) is 0 Å². The first-order valence-electron chi connectivity index (χ1n) is 42.3. The third-order valence-electron chi connectivity index (χ3n) is 30.1. The quantitative estimate of drug-likeness (QED) is 0.287. The molecule has 0 aromatic carbocycles. The molecule has 0 aromatic heterocycles. The fourth-order valence-electron chi connectivity index (χ4n) is 23.2. The smallest absolute Gasteiger partial charge is 0.104 e. The standard InChI is InChI=1S/C86H156O6/c1-62-14-9-15-63(2)24-25-64(3)18-12-22-69(8)75-36-39-81(55-75)83-40-44-86(57-83)45-49-92-85(59-88)61-90-46-41-70-28-31-76(50-70)79-37-34-73(53-79)67(6)20-10-16-65(4)26-27-66(5)17-11-21-68(7)74-35-38-80(54-74)77-32-29-72(51-77)43-48-91-84(58-87)60-89-47-42-71-30-33-78(52-71)82(56-86)23-13-19-62/h62-85,87-88H,9-61H2,1-8H3. The van der Waals surface area contributed by atoms with Crippen LogP contribution < -0.4 is 0 Å². The Labute approximate surface area is 571 Å². The van der Waals surface area contributed by atoms with Crippen LogP contribution in [0.1, 0.15) is 344 Å². The van der Waals surface area contributed by atoms with Gasteiger partial charge in [0, 0.05) is 26.4 Å². The van der Waals surface area contributed by atoms with E-state index in [0.29, 0.717) is 18.6 Å². The lowest BCUT2D eigenvalue weighted by Gasteiger charge is -2.37. The minimum atomic E-state index is -0.223. The van der Waals surface area contributed by atoms with Crippen molar-refractivity contribution in [2.24, 2.45) is 136 Å². The zero-order valence-corrected chi connectivity index (χ0v) is 62.4. The zero-order valence-electron chi connectivity index (χ0n) is 62.4. The third kappa shape index (κ3) is 24.8. The van der Waals surface area contributed by atoms with E-state index in [9.17, 15) is 10.2 Å². The van der Waals surface area contributed by atoms with Crippen molar-refractivity contribution in [2.45, 2.75) is 357 Å². The van der Waals surface area contributed by atoms with E-state index in [1.165, 1.54) is 270 Å². The lowest BCUT2D eigenvalue weighted by atomic mass is 9.69. The molecule has 9 rings (SSSR count). The molecule has 1 aliphatic heterocycles. The Morgan fingerprint density at radius 3 is 1.01 bits per heavy atom. The van der Waals surface area contributed by atoms with Crippen LogP contribution in [0.3, 0.4) is 0 Å². The van der Waals surface area contributed by atoms with Gasteiger partial charge in [0.15, 0.2) is 0 Å². The average Bonchev–Trinajstić information content (AvgIpc) is 1.67.